The van der Waals surface area contributed by atoms with Gasteiger partial charge in [-0.1, -0.05) is 6.07 Å². The van der Waals surface area contributed by atoms with Gasteiger partial charge < -0.3 is 15.0 Å². The molecule has 2 aliphatic rings. The Morgan fingerprint density at radius 3 is 2.79 bits per heavy atom. The molecule has 2 unspecified atom stereocenters. The summed E-state index contributed by atoms with van der Waals surface area (Å²) in [5.74, 6) is -0.525. The second-order valence-corrected chi connectivity index (χ2v) is 9.27. The number of carbonyl (C=O) groups is 2. The Kier molecular flexibility index (Phi) is 7.26. The van der Waals surface area contributed by atoms with Crippen molar-refractivity contribution in [2.45, 2.75) is 43.6 Å². The number of hydrogen-bond donors (Lipinski definition) is 2. The normalized spacial score (nSPS) is 22.4. The molecule has 2 aliphatic heterocycles. The van der Waals surface area contributed by atoms with Crippen molar-refractivity contribution in [3.05, 3.63) is 29.8 Å². The molecule has 0 aliphatic carbocycles. The Bertz CT molecular complexity index is 836. The quantitative estimate of drug-likeness (QED) is 0.684. The molecule has 2 N–H and O–H groups in total. The van der Waals surface area contributed by atoms with E-state index in [1.165, 1.54) is 12.1 Å². The van der Waals surface area contributed by atoms with E-state index in [4.69, 9.17) is 4.74 Å². The van der Waals surface area contributed by atoms with Gasteiger partial charge in [-0.2, -0.15) is 0 Å². The van der Waals surface area contributed by atoms with Gasteiger partial charge in [0.05, 0.1) is 16.9 Å². The second kappa shape index (κ2) is 9.69. The lowest BCUT2D eigenvalue weighted by molar-refractivity contribution is -0.126. The number of amides is 2. The van der Waals surface area contributed by atoms with Gasteiger partial charge in [-0.3, -0.25) is 9.59 Å². The standard InChI is InChI=1S/C20H29N3O5S/c1-2-21-19(24)16-7-4-10-23(14-16)20(25)15-6-3-9-18(12-15)29(26,27)22-13-17-8-5-11-28-17/h3,6,9,12,16-17,22H,2,4-5,7-8,10-11,13-14H2,1H3,(H,21,24). The Hall–Kier alpha value is -1.97. The van der Waals surface area contributed by atoms with Gasteiger partial charge in [-0.25, -0.2) is 13.1 Å². The SMILES string of the molecule is CCNC(=O)C1CCCN(C(=O)c2cccc(S(=O)(=O)NCC3CCCO3)c2)C1. The fraction of sp³-hybridized carbons (Fsp3) is 0.600. The number of nitrogens with zero attached hydrogens (tertiary/aromatic N) is 1. The minimum Gasteiger partial charge on any atom is -0.377 e. The Morgan fingerprint density at radius 1 is 1.24 bits per heavy atom. The average Bonchev–Trinajstić information content (AvgIpc) is 3.26. The maximum atomic E-state index is 12.9. The number of carbonyl (C=O) groups excluding carboxylic acids is 2. The molecule has 0 radical (unpaired) electrons. The van der Waals surface area contributed by atoms with Crippen molar-refractivity contribution in [2.24, 2.45) is 5.92 Å². The first-order chi connectivity index (χ1) is 13.9. The number of hydrogen-bond acceptors (Lipinski definition) is 5. The molecule has 2 fully saturated rings. The molecule has 29 heavy (non-hydrogen) atoms. The Labute approximate surface area is 172 Å². The van der Waals surface area contributed by atoms with Crippen molar-refractivity contribution in [1.82, 2.24) is 14.9 Å². The number of ether oxygens (including phenoxy) is 1. The van der Waals surface area contributed by atoms with E-state index in [0.29, 0.717) is 31.8 Å². The highest BCUT2D eigenvalue weighted by Gasteiger charge is 2.29. The third kappa shape index (κ3) is 5.55. The summed E-state index contributed by atoms with van der Waals surface area (Å²) >= 11 is 0. The summed E-state index contributed by atoms with van der Waals surface area (Å²) in [6.07, 6.45) is 3.16. The Morgan fingerprint density at radius 2 is 2.07 bits per heavy atom. The molecule has 2 amide bonds. The molecule has 2 heterocycles. The van der Waals surface area contributed by atoms with Crippen LogP contribution in [0.3, 0.4) is 0 Å². The van der Waals surface area contributed by atoms with E-state index in [1.54, 1.807) is 17.0 Å². The predicted molar refractivity (Wildman–Crippen MR) is 108 cm³/mol. The van der Waals surface area contributed by atoms with Crippen LogP contribution in [0.5, 0.6) is 0 Å². The van der Waals surface area contributed by atoms with Gasteiger partial charge in [0.2, 0.25) is 15.9 Å². The van der Waals surface area contributed by atoms with Crippen molar-refractivity contribution in [2.75, 3.05) is 32.8 Å². The van der Waals surface area contributed by atoms with E-state index < -0.39 is 10.0 Å². The molecular formula is C20H29N3O5S. The number of nitrogens with one attached hydrogen (secondary N) is 2. The van der Waals surface area contributed by atoms with Gasteiger partial charge in [0.1, 0.15) is 0 Å². The van der Waals surface area contributed by atoms with Crippen LogP contribution in [0, 0.1) is 5.92 Å². The molecule has 8 nitrogen and oxygen atoms in total. The average molecular weight is 424 g/mol. The summed E-state index contributed by atoms with van der Waals surface area (Å²) in [7, 11) is -3.73. The summed E-state index contributed by atoms with van der Waals surface area (Å²) < 4.78 is 33.2. The van der Waals surface area contributed by atoms with Gasteiger partial charge >= 0.3 is 0 Å². The van der Waals surface area contributed by atoms with Crippen LogP contribution in [-0.4, -0.2) is 64.0 Å². The molecule has 0 bridgehead atoms. The van der Waals surface area contributed by atoms with Gasteiger partial charge in [-0.05, 0) is 50.8 Å². The molecule has 1 aromatic rings. The maximum absolute atomic E-state index is 12.9. The molecule has 0 spiro atoms. The molecule has 0 saturated carbocycles. The second-order valence-electron chi connectivity index (χ2n) is 7.50. The lowest BCUT2D eigenvalue weighted by Gasteiger charge is -2.32. The van der Waals surface area contributed by atoms with Crippen molar-refractivity contribution in [1.29, 1.82) is 0 Å². The summed E-state index contributed by atoms with van der Waals surface area (Å²) in [6, 6.07) is 6.05. The number of sulfonamides is 1. The highest BCUT2D eigenvalue weighted by molar-refractivity contribution is 7.89. The van der Waals surface area contributed by atoms with Crippen LogP contribution in [-0.2, 0) is 19.6 Å². The number of benzene rings is 1. The highest BCUT2D eigenvalue weighted by Crippen LogP contribution is 2.20. The Balaban J connectivity index is 1.67. The van der Waals surface area contributed by atoms with Crippen molar-refractivity contribution >= 4 is 21.8 Å². The van der Waals surface area contributed by atoms with Crippen molar-refractivity contribution in [3.8, 4) is 0 Å². The summed E-state index contributed by atoms with van der Waals surface area (Å²) in [5, 5.41) is 2.81. The fourth-order valence-corrected chi connectivity index (χ4v) is 4.88. The van der Waals surface area contributed by atoms with Gasteiger partial charge in [-0.15, -0.1) is 0 Å². The first-order valence-electron chi connectivity index (χ1n) is 10.2. The molecule has 2 atom stereocenters. The van der Waals surface area contributed by atoms with E-state index in [9.17, 15) is 18.0 Å². The van der Waals surface area contributed by atoms with Gasteiger partial charge in [0, 0.05) is 38.3 Å². The first kappa shape index (κ1) is 21.7. The highest BCUT2D eigenvalue weighted by atomic mass is 32.2. The van der Waals surface area contributed by atoms with Crippen LogP contribution in [0.15, 0.2) is 29.2 Å². The first-order valence-corrected chi connectivity index (χ1v) is 11.7. The summed E-state index contributed by atoms with van der Waals surface area (Å²) in [5.41, 5.74) is 0.307. The van der Waals surface area contributed by atoms with Crippen LogP contribution >= 0.6 is 0 Å². The molecule has 3 rings (SSSR count). The number of rotatable bonds is 7. The fourth-order valence-electron chi connectivity index (χ4n) is 3.76. The van der Waals surface area contributed by atoms with Crippen LogP contribution in [0.4, 0.5) is 0 Å². The molecule has 0 aromatic heterocycles. The van der Waals surface area contributed by atoms with E-state index in [0.717, 1.165) is 25.7 Å². The van der Waals surface area contributed by atoms with Gasteiger partial charge in [0.25, 0.3) is 5.91 Å². The molecule has 160 valence electrons. The van der Waals surface area contributed by atoms with E-state index in [-0.39, 0.29) is 35.3 Å². The van der Waals surface area contributed by atoms with Crippen molar-refractivity contribution in [3.63, 3.8) is 0 Å². The zero-order valence-corrected chi connectivity index (χ0v) is 17.5. The van der Waals surface area contributed by atoms with Crippen LogP contribution in [0.1, 0.15) is 43.0 Å². The van der Waals surface area contributed by atoms with Crippen molar-refractivity contribution < 1.29 is 22.7 Å². The third-order valence-electron chi connectivity index (χ3n) is 5.35. The largest absolute Gasteiger partial charge is 0.377 e. The molecule has 9 heteroatoms. The lowest BCUT2D eigenvalue weighted by Crippen LogP contribution is -2.45. The maximum Gasteiger partial charge on any atom is 0.253 e. The van der Waals surface area contributed by atoms with Crippen LogP contribution in [0.25, 0.3) is 0 Å². The summed E-state index contributed by atoms with van der Waals surface area (Å²) in [6.45, 7) is 4.21. The summed E-state index contributed by atoms with van der Waals surface area (Å²) in [4.78, 5) is 26.7. The molecule has 1 aromatic carbocycles. The van der Waals surface area contributed by atoms with Gasteiger partial charge in [0.15, 0.2) is 0 Å². The zero-order chi connectivity index (χ0) is 20.9. The third-order valence-corrected chi connectivity index (χ3v) is 6.77. The lowest BCUT2D eigenvalue weighted by atomic mass is 9.96. The van der Waals surface area contributed by atoms with Crippen LogP contribution < -0.4 is 10.0 Å². The zero-order valence-electron chi connectivity index (χ0n) is 16.7. The minimum absolute atomic E-state index is 0.0420. The number of likely N-dealkylation sites (tertiary alicyclic amines) is 1. The van der Waals surface area contributed by atoms with E-state index >= 15 is 0 Å². The minimum atomic E-state index is -3.73. The monoisotopic (exact) mass is 423 g/mol. The smallest absolute Gasteiger partial charge is 0.253 e. The number of piperidine rings is 1. The molecular weight excluding hydrogens is 394 g/mol. The topological polar surface area (TPSA) is 105 Å². The van der Waals surface area contributed by atoms with Crippen LogP contribution in [0.2, 0.25) is 0 Å². The van der Waals surface area contributed by atoms with E-state index in [1.807, 2.05) is 6.92 Å². The predicted octanol–water partition coefficient (Wildman–Crippen LogP) is 1.13. The molecule has 2 saturated heterocycles. The van der Waals surface area contributed by atoms with E-state index in [2.05, 4.69) is 10.0 Å².